The number of ether oxygens (including phenoxy) is 2. The zero-order chi connectivity index (χ0) is 30.6. The van der Waals surface area contributed by atoms with Crippen LogP contribution in [0.25, 0.3) is 6.08 Å². The summed E-state index contributed by atoms with van der Waals surface area (Å²) in [6, 6.07) is 11.1. The standard InChI is InChI=1S/C27H19Cl3N4O8/c1-2-41-22-10-14(9-21(30)24(22)42-13-23(35)31-15-6-7-19(28)20(29)11-15)8-18-25(36)32-27(38)33(26(18)37)16-4-3-5-17(12-16)34(39)40/h3-12H,2,13H2,1H3,(H,31,35)(H,32,36,38)/b18-8-. The minimum Gasteiger partial charge on any atom is -0.490 e. The van der Waals surface area contributed by atoms with Gasteiger partial charge >= 0.3 is 6.03 Å². The molecule has 0 spiro atoms. The minimum atomic E-state index is -1.07. The number of halogens is 3. The number of rotatable bonds is 9. The molecule has 0 atom stereocenters. The van der Waals surface area contributed by atoms with Crippen LogP contribution in [0.5, 0.6) is 11.5 Å². The van der Waals surface area contributed by atoms with Gasteiger partial charge in [-0.1, -0.05) is 40.9 Å². The number of carbonyl (C=O) groups excluding carboxylic acids is 4. The summed E-state index contributed by atoms with van der Waals surface area (Å²) in [7, 11) is 0. The van der Waals surface area contributed by atoms with E-state index >= 15 is 0 Å². The number of nitro benzene ring substituents is 1. The number of benzene rings is 3. The Balaban J connectivity index is 1.59. The van der Waals surface area contributed by atoms with Gasteiger partial charge in [-0.25, -0.2) is 9.69 Å². The van der Waals surface area contributed by atoms with E-state index in [1.54, 1.807) is 13.0 Å². The SMILES string of the molecule is CCOc1cc(/C=C2/C(=O)NC(=O)N(c3cccc([N+](=O)[O-])c3)C2=O)cc(Cl)c1OCC(=O)Nc1ccc(Cl)c(Cl)c1. The lowest BCUT2D eigenvalue weighted by molar-refractivity contribution is -0.384. The first-order chi connectivity index (χ1) is 20.0. The second-order valence-corrected chi connectivity index (χ2v) is 9.69. The van der Waals surface area contributed by atoms with Crippen molar-refractivity contribution in [3.8, 4) is 11.5 Å². The van der Waals surface area contributed by atoms with Crippen molar-refractivity contribution in [2.24, 2.45) is 0 Å². The highest BCUT2D eigenvalue weighted by atomic mass is 35.5. The van der Waals surface area contributed by atoms with E-state index in [-0.39, 0.29) is 45.1 Å². The van der Waals surface area contributed by atoms with Crippen LogP contribution in [0.15, 0.2) is 60.2 Å². The first kappa shape index (κ1) is 30.3. The van der Waals surface area contributed by atoms with Gasteiger partial charge in [0.05, 0.1) is 32.3 Å². The number of imide groups is 2. The van der Waals surface area contributed by atoms with Crippen molar-refractivity contribution >= 4 is 81.7 Å². The molecule has 0 radical (unpaired) electrons. The number of amides is 5. The second-order valence-electron chi connectivity index (χ2n) is 8.46. The maximum atomic E-state index is 13.2. The third kappa shape index (κ3) is 6.79. The van der Waals surface area contributed by atoms with E-state index in [0.29, 0.717) is 15.6 Å². The summed E-state index contributed by atoms with van der Waals surface area (Å²) < 4.78 is 11.2. The topological polar surface area (TPSA) is 157 Å². The van der Waals surface area contributed by atoms with Crippen LogP contribution in [0.2, 0.25) is 15.1 Å². The summed E-state index contributed by atoms with van der Waals surface area (Å²) in [5, 5.41) is 16.4. The molecular weight excluding hydrogens is 615 g/mol. The molecule has 0 bridgehead atoms. The number of hydrogen-bond acceptors (Lipinski definition) is 8. The lowest BCUT2D eigenvalue weighted by Crippen LogP contribution is -2.54. The van der Waals surface area contributed by atoms with Gasteiger partial charge in [-0.15, -0.1) is 0 Å². The molecule has 4 rings (SSSR count). The van der Waals surface area contributed by atoms with Crippen molar-refractivity contribution in [3.63, 3.8) is 0 Å². The fraction of sp³-hybridized carbons (Fsp3) is 0.111. The lowest BCUT2D eigenvalue weighted by Gasteiger charge is -2.26. The Morgan fingerprint density at radius 1 is 1.02 bits per heavy atom. The first-order valence-corrected chi connectivity index (χ1v) is 13.1. The Morgan fingerprint density at radius 2 is 1.79 bits per heavy atom. The molecule has 1 aliphatic rings. The predicted octanol–water partition coefficient (Wildman–Crippen LogP) is 5.64. The van der Waals surface area contributed by atoms with Crippen LogP contribution >= 0.6 is 34.8 Å². The Hall–Kier alpha value is -4.65. The highest BCUT2D eigenvalue weighted by Crippen LogP contribution is 2.38. The molecule has 0 aliphatic carbocycles. The molecule has 216 valence electrons. The predicted molar refractivity (Wildman–Crippen MR) is 155 cm³/mol. The number of nitro groups is 1. The number of non-ortho nitro benzene ring substituents is 1. The van der Waals surface area contributed by atoms with E-state index in [1.165, 1.54) is 48.5 Å². The molecule has 1 saturated heterocycles. The van der Waals surface area contributed by atoms with Crippen LogP contribution in [0.3, 0.4) is 0 Å². The molecule has 2 N–H and O–H groups in total. The van der Waals surface area contributed by atoms with E-state index in [9.17, 15) is 29.3 Å². The fourth-order valence-electron chi connectivity index (χ4n) is 3.79. The molecule has 42 heavy (non-hydrogen) atoms. The first-order valence-electron chi connectivity index (χ1n) is 12.0. The van der Waals surface area contributed by atoms with Gasteiger partial charge in [-0.2, -0.15) is 0 Å². The molecule has 1 heterocycles. The van der Waals surface area contributed by atoms with E-state index in [2.05, 4.69) is 5.32 Å². The van der Waals surface area contributed by atoms with Crippen molar-refractivity contribution < 1.29 is 33.6 Å². The van der Waals surface area contributed by atoms with Crippen LogP contribution in [0, 0.1) is 10.1 Å². The second kappa shape index (κ2) is 12.9. The third-order valence-corrected chi connectivity index (χ3v) is 6.61. The van der Waals surface area contributed by atoms with Gasteiger partial charge in [-0.05, 0) is 55.0 Å². The summed E-state index contributed by atoms with van der Waals surface area (Å²) in [5.74, 6) is -2.40. The van der Waals surface area contributed by atoms with Crippen LogP contribution in [-0.2, 0) is 14.4 Å². The molecule has 0 aromatic heterocycles. The number of urea groups is 1. The molecule has 1 aliphatic heterocycles. The molecule has 3 aromatic carbocycles. The molecule has 5 amide bonds. The molecule has 0 unspecified atom stereocenters. The lowest BCUT2D eigenvalue weighted by atomic mass is 10.1. The van der Waals surface area contributed by atoms with Gasteiger partial charge < -0.3 is 14.8 Å². The normalized spacial score (nSPS) is 14.0. The van der Waals surface area contributed by atoms with Crippen molar-refractivity contribution in [1.82, 2.24) is 5.32 Å². The van der Waals surface area contributed by atoms with E-state index in [1.807, 2.05) is 5.32 Å². The monoisotopic (exact) mass is 632 g/mol. The van der Waals surface area contributed by atoms with Crippen molar-refractivity contribution in [1.29, 1.82) is 0 Å². The zero-order valence-electron chi connectivity index (χ0n) is 21.5. The highest BCUT2D eigenvalue weighted by molar-refractivity contribution is 6.42. The Kier molecular flexibility index (Phi) is 9.31. The average Bonchev–Trinajstić information content (AvgIpc) is 2.93. The van der Waals surface area contributed by atoms with E-state index in [0.717, 1.165) is 6.07 Å². The minimum absolute atomic E-state index is 0.00887. The summed E-state index contributed by atoms with van der Waals surface area (Å²) in [4.78, 5) is 61.8. The molecule has 12 nitrogen and oxygen atoms in total. The maximum absolute atomic E-state index is 13.2. The van der Waals surface area contributed by atoms with Crippen LogP contribution in [0.1, 0.15) is 12.5 Å². The largest absolute Gasteiger partial charge is 0.490 e. The van der Waals surface area contributed by atoms with Gasteiger partial charge in [0.1, 0.15) is 5.57 Å². The summed E-state index contributed by atoms with van der Waals surface area (Å²) in [6.45, 7) is 1.42. The number of carbonyl (C=O) groups is 4. The van der Waals surface area contributed by atoms with E-state index < -0.39 is 40.9 Å². The van der Waals surface area contributed by atoms with Crippen LogP contribution in [-0.4, -0.2) is 41.9 Å². The number of nitrogens with one attached hydrogen (secondary N) is 2. The quantitative estimate of drug-likeness (QED) is 0.133. The molecule has 3 aromatic rings. The number of anilines is 2. The number of nitrogens with zero attached hydrogens (tertiary/aromatic N) is 2. The molecular formula is C27H19Cl3N4O8. The highest BCUT2D eigenvalue weighted by Gasteiger charge is 2.37. The fourth-order valence-corrected chi connectivity index (χ4v) is 4.36. The van der Waals surface area contributed by atoms with Gasteiger partial charge in [0.25, 0.3) is 23.4 Å². The smallest absolute Gasteiger partial charge is 0.335 e. The molecule has 15 heteroatoms. The zero-order valence-corrected chi connectivity index (χ0v) is 23.7. The van der Waals surface area contributed by atoms with Crippen molar-refractivity contribution in [2.75, 3.05) is 23.4 Å². The summed E-state index contributed by atoms with van der Waals surface area (Å²) in [6.07, 6.45) is 1.17. The van der Waals surface area contributed by atoms with Gasteiger partial charge in [0.2, 0.25) is 0 Å². The average molecular weight is 634 g/mol. The van der Waals surface area contributed by atoms with Gasteiger partial charge in [0, 0.05) is 17.8 Å². The van der Waals surface area contributed by atoms with Crippen molar-refractivity contribution in [3.05, 3.63) is 90.9 Å². The van der Waals surface area contributed by atoms with Crippen LogP contribution < -0.4 is 25.0 Å². The van der Waals surface area contributed by atoms with Gasteiger partial charge in [0.15, 0.2) is 18.1 Å². The Morgan fingerprint density at radius 3 is 2.48 bits per heavy atom. The maximum Gasteiger partial charge on any atom is 0.335 e. The van der Waals surface area contributed by atoms with Crippen LogP contribution in [0.4, 0.5) is 21.9 Å². The van der Waals surface area contributed by atoms with Crippen molar-refractivity contribution in [2.45, 2.75) is 6.92 Å². The Bertz CT molecular complexity index is 1660. The summed E-state index contributed by atoms with van der Waals surface area (Å²) >= 11 is 18.3. The molecule has 0 saturated carbocycles. The number of barbiturate groups is 1. The van der Waals surface area contributed by atoms with E-state index in [4.69, 9.17) is 44.3 Å². The number of hydrogen-bond donors (Lipinski definition) is 2. The molecule has 1 fully saturated rings. The van der Waals surface area contributed by atoms with Gasteiger partial charge in [-0.3, -0.25) is 29.8 Å². The summed E-state index contributed by atoms with van der Waals surface area (Å²) in [5.41, 5.74) is -0.299. The third-order valence-electron chi connectivity index (χ3n) is 5.59. The Labute approximate surface area is 252 Å².